The monoisotopic (exact) mass is 294 g/mol. The second kappa shape index (κ2) is 6.07. The Kier molecular flexibility index (Phi) is 4.42. The first-order valence-electron chi connectivity index (χ1n) is 6.16. The quantitative estimate of drug-likeness (QED) is 0.810. The first kappa shape index (κ1) is 14.6. The molecule has 106 valence electrons. The highest BCUT2D eigenvalue weighted by atomic mass is 35.5. The minimum absolute atomic E-state index is 0.0816. The van der Waals surface area contributed by atoms with Crippen LogP contribution in [0.4, 0.5) is 0 Å². The van der Waals surface area contributed by atoms with Crippen molar-refractivity contribution in [1.29, 1.82) is 0 Å². The van der Waals surface area contributed by atoms with Crippen LogP contribution in [-0.2, 0) is 9.59 Å². The summed E-state index contributed by atoms with van der Waals surface area (Å²) in [4.78, 5) is 24.6. The molecule has 1 atom stereocenters. The second-order valence-corrected chi connectivity index (χ2v) is 5.04. The summed E-state index contributed by atoms with van der Waals surface area (Å²) in [7, 11) is 0. The summed E-state index contributed by atoms with van der Waals surface area (Å²) >= 11 is 5.75. The van der Waals surface area contributed by atoms with E-state index in [1.165, 1.54) is 11.0 Å². The van der Waals surface area contributed by atoms with E-state index in [9.17, 15) is 14.7 Å². The molecular weight excluding hydrogens is 280 g/mol. The van der Waals surface area contributed by atoms with E-state index in [1.807, 2.05) is 0 Å². The van der Waals surface area contributed by atoms with Crippen molar-refractivity contribution in [3.8, 4) is 0 Å². The molecule has 20 heavy (non-hydrogen) atoms. The van der Waals surface area contributed by atoms with Gasteiger partial charge in [-0.05, 0) is 23.8 Å². The summed E-state index contributed by atoms with van der Waals surface area (Å²) in [6.45, 7) is 4.14. The van der Waals surface area contributed by atoms with Gasteiger partial charge >= 0.3 is 0 Å². The van der Waals surface area contributed by atoms with Crippen molar-refractivity contribution in [3.05, 3.63) is 47.5 Å². The van der Waals surface area contributed by atoms with Crippen LogP contribution in [0.5, 0.6) is 0 Å². The summed E-state index contributed by atoms with van der Waals surface area (Å²) < 4.78 is 0. The average molecular weight is 295 g/mol. The summed E-state index contributed by atoms with van der Waals surface area (Å²) in [6.07, 6.45) is -0.0177. The Labute approximate surface area is 121 Å². The molecule has 0 aromatic heterocycles. The number of hydrogen-bond donors (Lipinski definition) is 2. The molecule has 1 aromatic rings. The van der Waals surface area contributed by atoms with Gasteiger partial charge in [0.25, 0.3) is 5.91 Å². The zero-order chi connectivity index (χ0) is 14.7. The Bertz CT molecular complexity index is 524. The van der Waals surface area contributed by atoms with Crippen molar-refractivity contribution < 1.29 is 14.7 Å². The zero-order valence-electron chi connectivity index (χ0n) is 10.8. The van der Waals surface area contributed by atoms with Crippen LogP contribution < -0.4 is 5.32 Å². The van der Waals surface area contributed by atoms with E-state index in [-0.39, 0.29) is 17.9 Å². The number of nitrogens with zero attached hydrogens (tertiary/aromatic N) is 1. The number of hydrogen-bond acceptors (Lipinski definition) is 3. The Hall–Kier alpha value is -1.85. The van der Waals surface area contributed by atoms with Gasteiger partial charge in [0, 0.05) is 18.1 Å². The molecule has 1 aliphatic rings. The zero-order valence-corrected chi connectivity index (χ0v) is 11.5. The Morgan fingerprint density at radius 2 is 2.00 bits per heavy atom. The number of carbonyl (C=O) groups is 2. The molecule has 2 N–H and O–H groups in total. The molecule has 1 fully saturated rings. The first-order valence-corrected chi connectivity index (χ1v) is 6.54. The van der Waals surface area contributed by atoms with E-state index in [2.05, 4.69) is 11.9 Å². The summed E-state index contributed by atoms with van der Waals surface area (Å²) in [5.41, 5.74) is 0.498. The number of aliphatic hydroxyl groups excluding tert-OH is 1. The number of nitrogens with one attached hydrogen (secondary N) is 1. The third-order valence-electron chi connectivity index (χ3n) is 3.14. The third kappa shape index (κ3) is 3.18. The van der Waals surface area contributed by atoms with Crippen LogP contribution in [0.2, 0.25) is 5.02 Å². The van der Waals surface area contributed by atoms with E-state index >= 15 is 0 Å². The Morgan fingerprint density at radius 1 is 1.40 bits per heavy atom. The van der Waals surface area contributed by atoms with Crippen LogP contribution in [0.1, 0.15) is 11.7 Å². The van der Waals surface area contributed by atoms with Crippen LogP contribution in [0.25, 0.3) is 0 Å². The minimum Gasteiger partial charge on any atom is -0.378 e. The maximum Gasteiger partial charge on any atom is 0.256 e. The van der Waals surface area contributed by atoms with Crippen LogP contribution in [-0.4, -0.2) is 41.0 Å². The lowest BCUT2D eigenvalue weighted by Gasteiger charge is -2.40. The van der Waals surface area contributed by atoms with Gasteiger partial charge in [-0.15, -0.1) is 0 Å². The summed E-state index contributed by atoms with van der Waals surface area (Å²) in [6, 6.07) is 6.39. The van der Waals surface area contributed by atoms with Crippen molar-refractivity contribution in [3.63, 3.8) is 0 Å². The van der Waals surface area contributed by atoms with E-state index in [0.29, 0.717) is 23.7 Å². The molecule has 5 nitrogen and oxygen atoms in total. The standard InChI is InChI=1S/C14H15ClN2O3/c1-2-12(18)16-11-7-17(8-11)14(20)13(19)9-3-5-10(15)6-4-9/h2-6,11,13,19H,1,7-8H2,(H,16,18)/t13-/m1/s1. The predicted molar refractivity (Wildman–Crippen MR) is 75.1 cm³/mol. The fourth-order valence-electron chi connectivity index (χ4n) is 1.97. The second-order valence-electron chi connectivity index (χ2n) is 4.61. The average Bonchev–Trinajstić information content (AvgIpc) is 2.41. The first-order chi connectivity index (χ1) is 9.51. The lowest BCUT2D eigenvalue weighted by Crippen LogP contribution is -2.61. The number of carbonyl (C=O) groups excluding carboxylic acids is 2. The van der Waals surface area contributed by atoms with Gasteiger partial charge in [0.15, 0.2) is 6.10 Å². The lowest BCUT2D eigenvalue weighted by atomic mass is 10.0. The van der Waals surface area contributed by atoms with Crippen molar-refractivity contribution >= 4 is 23.4 Å². The summed E-state index contributed by atoms with van der Waals surface area (Å²) in [5.74, 6) is -0.642. The highest BCUT2D eigenvalue weighted by Crippen LogP contribution is 2.21. The van der Waals surface area contributed by atoms with Crippen LogP contribution in [0, 0.1) is 0 Å². The fraction of sp³-hybridized carbons (Fsp3) is 0.286. The van der Waals surface area contributed by atoms with Gasteiger partial charge in [0.2, 0.25) is 5.91 Å². The maximum atomic E-state index is 12.0. The highest BCUT2D eigenvalue weighted by molar-refractivity contribution is 6.30. The molecular formula is C14H15ClN2O3. The van der Waals surface area contributed by atoms with Gasteiger partial charge in [-0.25, -0.2) is 0 Å². The highest BCUT2D eigenvalue weighted by Gasteiger charge is 2.34. The molecule has 0 spiro atoms. The van der Waals surface area contributed by atoms with Crippen molar-refractivity contribution in [2.24, 2.45) is 0 Å². The van der Waals surface area contributed by atoms with Crippen LogP contribution >= 0.6 is 11.6 Å². The summed E-state index contributed by atoms with van der Waals surface area (Å²) in [5, 5.41) is 13.2. The van der Waals surface area contributed by atoms with E-state index in [4.69, 9.17) is 11.6 Å². The maximum absolute atomic E-state index is 12.0. The molecule has 0 aliphatic carbocycles. The number of amides is 2. The molecule has 1 aliphatic heterocycles. The third-order valence-corrected chi connectivity index (χ3v) is 3.40. The molecule has 0 bridgehead atoms. The van der Waals surface area contributed by atoms with Crippen molar-refractivity contribution in [1.82, 2.24) is 10.2 Å². The van der Waals surface area contributed by atoms with E-state index < -0.39 is 6.10 Å². The SMILES string of the molecule is C=CC(=O)NC1CN(C(=O)[C@H](O)c2ccc(Cl)cc2)C1. The largest absolute Gasteiger partial charge is 0.378 e. The van der Waals surface area contributed by atoms with Gasteiger partial charge < -0.3 is 15.3 Å². The van der Waals surface area contributed by atoms with Crippen molar-refractivity contribution in [2.45, 2.75) is 12.1 Å². The number of halogens is 1. The van der Waals surface area contributed by atoms with Crippen LogP contribution in [0.3, 0.4) is 0 Å². The van der Waals surface area contributed by atoms with Gasteiger partial charge in [-0.3, -0.25) is 9.59 Å². The van der Waals surface area contributed by atoms with Gasteiger partial charge in [0.1, 0.15) is 0 Å². The molecule has 0 unspecified atom stereocenters. The molecule has 2 rings (SSSR count). The molecule has 1 aromatic carbocycles. The molecule has 1 heterocycles. The van der Waals surface area contributed by atoms with Crippen molar-refractivity contribution in [2.75, 3.05) is 13.1 Å². The van der Waals surface area contributed by atoms with Gasteiger partial charge in [-0.2, -0.15) is 0 Å². The number of rotatable bonds is 4. The number of benzene rings is 1. The molecule has 6 heteroatoms. The molecule has 2 amide bonds. The molecule has 0 saturated carbocycles. The smallest absolute Gasteiger partial charge is 0.256 e. The van der Waals surface area contributed by atoms with Gasteiger partial charge in [0.05, 0.1) is 6.04 Å². The molecule has 1 saturated heterocycles. The van der Waals surface area contributed by atoms with Crippen LogP contribution in [0.15, 0.2) is 36.9 Å². The number of likely N-dealkylation sites (tertiary alicyclic amines) is 1. The van der Waals surface area contributed by atoms with E-state index in [1.54, 1.807) is 24.3 Å². The van der Waals surface area contributed by atoms with Gasteiger partial charge in [-0.1, -0.05) is 30.3 Å². The Morgan fingerprint density at radius 3 is 2.55 bits per heavy atom. The number of aliphatic hydroxyl groups is 1. The fourth-order valence-corrected chi connectivity index (χ4v) is 2.10. The topological polar surface area (TPSA) is 69.6 Å². The van der Waals surface area contributed by atoms with E-state index in [0.717, 1.165) is 0 Å². The lowest BCUT2D eigenvalue weighted by molar-refractivity contribution is -0.146. The predicted octanol–water partition coefficient (Wildman–Crippen LogP) is 0.886. The minimum atomic E-state index is -1.21. The molecule has 0 radical (unpaired) electrons. The Balaban J connectivity index is 1.88. The normalized spacial score (nSPS) is 16.2.